The number of esters is 2. The normalized spacial score (nSPS) is 25.9. The summed E-state index contributed by atoms with van der Waals surface area (Å²) in [6, 6.07) is 5.66. The van der Waals surface area contributed by atoms with Crippen molar-refractivity contribution < 1.29 is 81.4 Å². The third-order valence-electron chi connectivity index (χ3n) is 10.6. The lowest BCUT2D eigenvalue weighted by Gasteiger charge is -2.60. The number of hydrogen-bond donors (Lipinski definition) is 2. The smallest absolute Gasteiger partial charge is 0.429 e. The number of rotatable bonds is 12. The Hall–Kier alpha value is -2.80. The molecule has 4 bridgehead atoms. The Morgan fingerprint density at radius 2 is 1.42 bits per heavy atom. The lowest BCUT2D eigenvalue weighted by atomic mass is 9.48. The van der Waals surface area contributed by atoms with Crippen molar-refractivity contribution in [1.82, 2.24) is 0 Å². The SMILES string of the molecule is CCC(C)(C)C(=O)OC12CC3CC(C1)CC(C(=O)OC(CS(=O)(=O)O)C(F)(F)F)(C3)C2.CCC(C)c1ccc(OCC(O)(C(F)(F)F)C(F)(F)F)cc1. The van der Waals surface area contributed by atoms with E-state index >= 15 is 0 Å². The van der Waals surface area contributed by atoms with E-state index in [0.29, 0.717) is 32.1 Å². The highest BCUT2D eigenvalue weighted by Crippen LogP contribution is 2.63. The molecule has 0 spiro atoms. The number of carbonyl (C=O) groups excluding carboxylic acids is 2. The van der Waals surface area contributed by atoms with Gasteiger partial charge < -0.3 is 19.3 Å². The molecule has 19 heteroatoms. The van der Waals surface area contributed by atoms with Crippen molar-refractivity contribution in [2.24, 2.45) is 22.7 Å². The Bertz CT molecular complexity index is 1530. The maximum Gasteiger partial charge on any atom is 0.429 e. The molecule has 0 radical (unpaired) electrons. The van der Waals surface area contributed by atoms with E-state index in [4.69, 9.17) is 14.4 Å². The second-order valence-corrected chi connectivity index (χ2v) is 16.8. The van der Waals surface area contributed by atoms with Gasteiger partial charge in [0.05, 0.1) is 10.8 Å². The van der Waals surface area contributed by atoms with Crippen molar-refractivity contribution in [1.29, 1.82) is 0 Å². The molecule has 1 aromatic carbocycles. The van der Waals surface area contributed by atoms with E-state index in [2.05, 4.69) is 9.47 Å². The number of carbonyl (C=O) groups is 2. The standard InChI is InChI=1S/C20H29F3O7S.C14H16F6O2/c1-4-17(2,3)15(24)30-19-8-12-5-13(9-19)7-18(6-12,11-19)16(25)29-14(20(21,22)23)10-31(26,27)28;1-3-9(2)10-4-6-11(7-5-10)22-8-12(21,13(15,16)17)14(18,19)20/h12-14H,4-11H2,1-3H3,(H,26,27,28);4-7,9,21H,3,8H2,1-2H3. The zero-order chi connectivity index (χ0) is 40.6. The molecule has 0 heterocycles. The Balaban J connectivity index is 0.000000304. The second kappa shape index (κ2) is 15.4. The van der Waals surface area contributed by atoms with Gasteiger partial charge in [0.25, 0.3) is 15.7 Å². The van der Waals surface area contributed by atoms with Crippen LogP contribution in [0, 0.1) is 22.7 Å². The van der Waals surface area contributed by atoms with Crippen LogP contribution in [-0.4, -0.2) is 78.2 Å². The lowest BCUT2D eigenvalue weighted by molar-refractivity contribution is -0.373. The molecule has 0 saturated heterocycles. The molecule has 1 aromatic rings. The zero-order valence-electron chi connectivity index (χ0n) is 29.8. The molecule has 4 atom stereocenters. The average Bonchev–Trinajstić information content (AvgIpc) is 3.00. The Kier molecular flexibility index (Phi) is 12.9. The molecule has 9 nitrogen and oxygen atoms in total. The molecule has 304 valence electrons. The van der Waals surface area contributed by atoms with Gasteiger partial charge in [-0.25, -0.2) is 0 Å². The maximum atomic E-state index is 13.3. The minimum absolute atomic E-state index is 0.0113. The van der Waals surface area contributed by atoms with Gasteiger partial charge in [-0.15, -0.1) is 0 Å². The first-order chi connectivity index (χ1) is 23.9. The molecular formula is C34H45F9O9S. The van der Waals surface area contributed by atoms with Crippen LogP contribution in [0.15, 0.2) is 24.3 Å². The molecule has 53 heavy (non-hydrogen) atoms. The van der Waals surface area contributed by atoms with Crippen LogP contribution in [-0.2, 0) is 29.2 Å². The van der Waals surface area contributed by atoms with E-state index in [0.717, 1.165) is 18.4 Å². The van der Waals surface area contributed by atoms with Gasteiger partial charge in [0.15, 0.2) is 0 Å². The summed E-state index contributed by atoms with van der Waals surface area (Å²) >= 11 is 0. The highest BCUT2D eigenvalue weighted by Gasteiger charge is 2.71. The summed E-state index contributed by atoms with van der Waals surface area (Å²) in [5.41, 5.74) is -6.94. The molecular weight excluding hydrogens is 755 g/mol. The van der Waals surface area contributed by atoms with Crippen molar-refractivity contribution in [2.75, 3.05) is 12.4 Å². The molecule has 4 fully saturated rings. The number of alkyl halides is 9. The summed E-state index contributed by atoms with van der Waals surface area (Å²) in [6.45, 7) is 7.28. The number of benzene rings is 1. The molecule has 4 aliphatic rings. The summed E-state index contributed by atoms with van der Waals surface area (Å²) in [5.74, 6) is -3.25. The summed E-state index contributed by atoms with van der Waals surface area (Å²) in [4.78, 5) is 25.7. The van der Waals surface area contributed by atoms with Crippen LogP contribution in [0.25, 0.3) is 0 Å². The average molecular weight is 801 g/mol. The molecule has 0 amide bonds. The predicted octanol–water partition coefficient (Wildman–Crippen LogP) is 8.10. The fourth-order valence-electron chi connectivity index (χ4n) is 7.30. The van der Waals surface area contributed by atoms with Crippen LogP contribution in [0.4, 0.5) is 39.5 Å². The van der Waals surface area contributed by atoms with Crippen molar-refractivity contribution in [2.45, 2.75) is 128 Å². The van der Waals surface area contributed by atoms with Gasteiger partial charge in [0.1, 0.15) is 23.7 Å². The monoisotopic (exact) mass is 800 g/mol. The van der Waals surface area contributed by atoms with Gasteiger partial charge in [-0.3, -0.25) is 14.1 Å². The molecule has 4 aliphatic carbocycles. The first kappa shape index (κ1) is 44.6. The summed E-state index contributed by atoms with van der Waals surface area (Å²) in [7, 11) is -5.02. The van der Waals surface area contributed by atoms with Crippen molar-refractivity contribution in [3.63, 3.8) is 0 Å². The highest BCUT2D eigenvalue weighted by molar-refractivity contribution is 7.85. The molecule has 5 rings (SSSR count). The van der Waals surface area contributed by atoms with Crippen LogP contribution in [0.2, 0.25) is 0 Å². The molecule has 0 aromatic heterocycles. The second-order valence-electron chi connectivity index (χ2n) is 15.3. The van der Waals surface area contributed by atoms with Crippen LogP contribution < -0.4 is 4.74 Å². The largest absolute Gasteiger partial charge is 0.490 e. The lowest BCUT2D eigenvalue weighted by Crippen LogP contribution is -2.61. The van der Waals surface area contributed by atoms with E-state index in [1.54, 1.807) is 26.0 Å². The Labute approximate surface area is 301 Å². The van der Waals surface area contributed by atoms with E-state index in [9.17, 15) is 57.5 Å². The number of aliphatic hydroxyl groups is 1. The Morgan fingerprint density at radius 1 is 0.906 bits per heavy atom. The summed E-state index contributed by atoms with van der Waals surface area (Å²) < 4.78 is 161. The third-order valence-corrected chi connectivity index (χ3v) is 11.3. The summed E-state index contributed by atoms with van der Waals surface area (Å²) in [5, 5.41) is 8.95. The first-order valence-electron chi connectivity index (χ1n) is 17.0. The molecule has 0 aliphatic heterocycles. The number of halogens is 9. The van der Waals surface area contributed by atoms with Crippen molar-refractivity contribution in [3.05, 3.63) is 29.8 Å². The quantitative estimate of drug-likeness (QED) is 0.122. The van der Waals surface area contributed by atoms with Crippen molar-refractivity contribution >= 4 is 22.1 Å². The van der Waals surface area contributed by atoms with Crippen LogP contribution in [0.5, 0.6) is 5.75 Å². The fraction of sp³-hybridized carbons (Fsp3) is 0.765. The molecule has 4 saturated carbocycles. The summed E-state index contributed by atoms with van der Waals surface area (Å²) in [6.07, 6.45) is -15.9. The van der Waals surface area contributed by atoms with E-state index in [-0.39, 0.29) is 29.9 Å². The van der Waals surface area contributed by atoms with Gasteiger partial charge in [-0.2, -0.15) is 47.9 Å². The topological polar surface area (TPSA) is 136 Å². The van der Waals surface area contributed by atoms with Crippen LogP contribution in [0.1, 0.15) is 97.5 Å². The van der Waals surface area contributed by atoms with Crippen LogP contribution in [0.3, 0.4) is 0 Å². The van der Waals surface area contributed by atoms with Gasteiger partial charge in [-0.1, -0.05) is 32.9 Å². The zero-order valence-corrected chi connectivity index (χ0v) is 30.6. The minimum atomic E-state index is -5.89. The van der Waals surface area contributed by atoms with Gasteiger partial charge in [-0.05, 0) is 94.2 Å². The number of hydrogen-bond acceptors (Lipinski definition) is 8. The van der Waals surface area contributed by atoms with Gasteiger partial charge in [0.2, 0.25) is 6.10 Å². The van der Waals surface area contributed by atoms with Crippen molar-refractivity contribution in [3.8, 4) is 5.75 Å². The maximum absolute atomic E-state index is 13.3. The van der Waals surface area contributed by atoms with Gasteiger partial charge >= 0.3 is 30.5 Å². The molecule has 4 unspecified atom stereocenters. The van der Waals surface area contributed by atoms with Gasteiger partial charge in [0, 0.05) is 6.42 Å². The van der Waals surface area contributed by atoms with E-state index < -0.39 is 81.1 Å². The molecule has 2 N–H and O–H groups in total. The van der Waals surface area contributed by atoms with E-state index in [1.807, 2.05) is 20.8 Å². The Morgan fingerprint density at radius 3 is 1.83 bits per heavy atom. The minimum Gasteiger partial charge on any atom is -0.490 e. The van der Waals surface area contributed by atoms with E-state index in [1.165, 1.54) is 12.1 Å². The highest BCUT2D eigenvalue weighted by atomic mass is 32.2. The fourth-order valence-corrected chi connectivity index (χ4v) is 7.94. The van der Waals surface area contributed by atoms with Crippen LogP contribution >= 0.6 is 0 Å². The number of ether oxygens (including phenoxy) is 3. The predicted molar refractivity (Wildman–Crippen MR) is 170 cm³/mol. The first-order valence-corrected chi connectivity index (χ1v) is 18.6. The third kappa shape index (κ3) is 10.5.